The van der Waals surface area contributed by atoms with Crippen LogP contribution in [0.1, 0.15) is 21.5 Å². The highest BCUT2D eigenvalue weighted by atomic mass is 79.9. The SMILES string of the molecule is O=C(c1ccccc1)c1ccc(CBr)c([N+](=O)[O-])c1. The number of nitro groups is 1. The molecule has 0 unspecified atom stereocenters. The minimum Gasteiger partial charge on any atom is -0.289 e. The zero-order valence-corrected chi connectivity index (χ0v) is 11.5. The van der Waals surface area contributed by atoms with Crippen LogP contribution in [-0.2, 0) is 5.33 Å². The standard InChI is InChI=1S/C14H10BrNO3/c15-9-12-7-6-11(8-13(12)16(18)19)14(17)10-4-2-1-3-5-10/h1-8H,9H2. The van der Waals surface area contributed by atoms with Gasteiger partial charge in [-0.1, -0.05) is 58.4 Å². The number of nitro benzene ring substituents is 1. The van der Waals surface area contributed by atoms with Gasteiger partial charge in [0, 0.05) is 28.1 Å². The first-order valence-electron chi connectivity index (χ1n) is 5.56. The van der Waals surface area contributed by atoms with E-state index in [1.807, 2.05) is 6.07 Å². The predicted molar refractivity (Wildman–Crippen MR) is 75.6 cm³/mol. The second-order valence-electron chi connectivity index (χ2n) is 3.93. The zero-order chi connectivity index (χ0) is 13.8. The molecule has 2 rings (SSSR count). The van der Waals surface area contributed by atoms with Crippen LogP contribution < -0.4 is 0 Å². The number of rotatable bonds is 4. The molecule has 2 aromatic rings. The maximum Gasteiger partial charge on any atom is 0.274 e. The summed E-state index contributed by atoms with van der Waals surface area (Å²) < 4.78 is 0. The van der Waals surface area contributed by atoms with E-state index in [0.717, 1.165) is 0 Å². The molecule has 96 valence electrons. The molecule has 2 aromatic carbocycles. The second-order valence-corrected chi connectivity index (χ2v) is 4.49. The fourth-order valence-corrected chi connectivity index (χ4v) is 2.22. The fraction of sp³-hybridized carbons (Fsp3) is 0.0714. The molecule has 0 saturated carbocycles. The first kappa shape index (κ1) is 13.4. The van der Waals surface area contributed by atoms with Gasteiger partial charge >= 0.3 is 0 Å². The Morgan fingerprint density at radius 2 is 1.79 bits per heavy atom. The van der Waals surface area contributed by atoms with Crippen molar-refractivity contribution < 1.29 is 9.72 Å². The van der Waals surface area contributed by atoms with Crippen molar-refractivity contribution in [1.82, 2.24) is 0 Å². The average Bonchev–Trinajstić information content (AvgIpc) is 2.46. The molecule has 19 heavy (non-hydrogen) atoms. The van der Waals surface area contributed by atoms with E-state index in [0.29, 0.717) is 22.0 Å². The van der Waals surface area contributed by atoms with Gasteiger partial charge in [-0.15, -0.1) is 0 Å². The molecule has 0 N–H and O–H groups in total. The van der Waals surface area contributed by atoms with E-state index >= 15 is 0 Å². The molecule has 0 aromatic heterocycles. The molecule has 0 aliphatic heterocycles. The number of nitrogens with zero attached hydrogens (tertiary/aromatic N) is 1. The second kappa shape index (κ2) is 5.75. The quantitative estimate of drug-likeness (QED) is 0.373. The fourth-order valence-electron chi connectivity index (χ4n) is 1.74. The lowest BCUT2D eigenvalue weighted by Crippen LogP contribution is -2.03. The maximum absolute atomic E-state index is 12.2. The molecule has 0 radical (unpaired) electrons. The van der Waals surface area contributed by atoms with Gasteiger partial charge in [0.1, 0.15) is 0 Å². The van der Waals surface area contributed by atoms with Crippen molar-refractivity contribution in [3.63, 3.8) is 0 Å². The Hall–Kier alpha value is -2.01. The number of carbonyl (C=O) groups is 1. The Morgan fingerprint density at radius 3 is 2.37 bits per heavy atom. The first-order valence-corrected chi connectivity index (χ1v) is 6.68. The van der Waals surface area contributed by atoms with Gasteiger partial charge in [0.05, 0.1) is 4.92 Å². The van der Waals surface area contributed by atoms with Crippen LogP contribution in [0.5, 0.6) is 0 Å². The summed E-state index contributed by atoms with van der Waals surface area (Å²) in [6, 6.07) is 13.2. The van der Waals surface area contributed by atoms with Crippen LogP contribution in [0, 0.1) is 10.1 Å². The van der Waals surface area contributed by atoms with Gasteiger partial charge in [-0.25, -0.2) is 0 Å². The van der Waals surface area contributed by atoms with Crippen LogP contribution in [0.25, 0.3) is 0 Å². The predicted octanol–water partition coefficient (Wildman–Crippen LogP) is 3.72. The smallest absolute Gasteiger partial charge is 0.274 e. The van der Waals surface area contributed by atoms with Gasteiger partial charge < -0.3 is 0 Å². The Labute approximate surface area is 118 Å². The van der Waals surface area contributed by atoms with Gasteiger partial charge in [0.15, 0.2) is 5.78 Å². The summed E-state index contributed by atoms with van der Waals surface area (Å²) in [5, 5.41) is 11.3. The number of hydrogen-bond acceptors (Lipinski definition) is 3. The summed E-state index contributed by atoms with van der Waals surface area (Å²) in [6.45, 7) is 0. The topological polar surface area (TPSA) is 60.2 Å². The monoisotopic (exact) mass is 319 g/mol. The number of alkyl halides is 1. The van der Waals surface area contributed by atoms with Crippen molar-refractivity contribution in [3.05, 3.63) is 75.3 Å². The van der Waals surface area contributed by atoms with Crippen LogP contribution in [0.2, 0.25) is 0 Å². The number of ketones is 1. The van der Waals surface area contributed by atoms with E-state index < -0.39 is 4.92 Å². The normalized spacial score (nSPS) is 10.2. The summed E-state index contributed by atoms with van der Waals surface area (Å²) in [6.07, 6.45) is 0. The minimum absolute atomic E-state index is 0.0429. The van der Waals surface area contributed by atoms with Crippen molar-refractivity contribution in [2.75, 3.05) is 0 Å². The van der Waals surface area contributed by atoms with Gasteiger partial charge in [-0.2, -0.15) is 0 Å². The highest BCUT2D eigenvalue weighted by Crippen LogP contribution is 2.24. The van der Waals surface area contributed by atoms with Gasteiger partial charge in [-0.3, -0.25) is 14.9 Å². The molecule has 0 saturated heterocycles. The highest BCUT2D eigenvalue weighted by molar-refractivity contribution is 9.08. The van der Waals surface area contributed by atoms with Crippen molar-refractivity contribution in [2.24, 2.45) is 0 Å². The lowest BCUT2D eigenvalue weighted by Gasteiger charge is -2.03. The number of halogens is 1. The molecular formula is C14H10BrNO3. The van der Waals surface area contributed by atoms with Gasteiger partial charge in [0.2, 0.25) is 0 Å². The molecule has 5 heteroatoms. The minimum atomic E-state index is -0.474. The Balaban J connectivity index is 2.44. The lowest BCUT2D eigenvalue weighted by molar-refractivity contribution is -0.385. The third-order valence-corrected chi connectivity index (χ3v) is 3.33. The van der Waals surface area contributed by atoms with E-state index in [-0.39, 0.29) is 11.5 Å². The first-order chi connectivity index (χ1) is 9.13. The van der Waals surface area contributed by atoms with Crippen molar-refractivity contribution >= 4 is 27.4 Å². The Kier molecular flexibility index (Phi) is 4.06. The molecule has 4 nitrogen and oxygen atoms in total. The number of benzene rings is 2. The summed E-state index contributed by atoms with van der Waals surface area (Å²) >= 11 is 3.19. The molecule has 0 bridgehead atoms. The van der Waals surface area contributed by atoms with E-state index in [1.165, 1.54) is 6.07 Å². The Morgan fingerprint density at radius 1 is 1.11 bits per heavy atom. The van der Waals surface area contributed by atoms with E-state index in [4.69, 9.17) is 0 Å². The lowest BCUT2D eigenvalue weighted by atomic mass is 10.0. The van der Waals surface area contributed by atoms with Gasteiger partial charge in [0.25, 0.3) is 5.69 Å². The Bertz CT molecular complexity index is 626. The molecule has 0 fully saturated rings. The molecular weight excluding hydrogens is 310 g/mol. The maximum atomic E-state index is 12.2. The molecule has 0 heterocycles. The summed E-state index contributed by atoms with van der Waals surface area (Å²) in [5.74, 6) is -0.218. The van der Waals surface area contributed by atoms with Crippen molar-refractivity contribution in [3.8, 4) is 0 Å². The van der Waals surface area contributed by atoms with Crippen molar-refractivity contribution in [1.29, 1.82) is 0 Å². The molecule has 0 spiro atoms. The average molecular weight is 320 g/mol. The largest absolute Gasteiger partial charge is 0.289 e. The van der Waals surface area contributed by atoms with Crippen molar-refractivity contribution in [2.45, 2.75) is 5.33 Å². The van der Waals surface area contributed by atoms with Crippen LogP contribution in [0.3, 0.4) is 0 Å². The number of carbonyl (C=O) groups excluding carboxylic acids is 1. The van der Waals surface area contributed by atoms with Crippen LogP contribution in [0.4, 0.5) is 5.69 Å². The van der Waals surface area contributed by atoms with Crippen LogP contribution >= 0.6 is 15.9 Å². The number of hydrogen-bond donors (Lipinski definition) is 0. The van der Waals surface area contributed by atoms with Crippen LogP contribution in [0.15, 0.2) is 48.5 Å². The molecule has 0 aliphatic carbocycles. The third kappa shape index (κ3) is 2.88. The third-order valence-electron chi connectivity index (χ3n) is 2.72. The van der Waals surface area contributed by atoms with E-state index in [9.17, 15) is 14.9 Å². The molecule has 0 amide bonds. The zero-order valence-electron chi connectivity index (χ0n) is 9.88. The highest BCUT2D eigenvalue weighted by Gasteiger charge is 2.17. The van der Waals surface area contributed by atoms with Gasteiger partial charge in [-0.05, 0) is 0 Å². The van der Waals surface area contributed by atoms with E-state index in [1.54, 1.807) is 36.4 Å². The molecule has 0 atom stereocenters. The summed E-state index contributed by atoms with van der Waals surface area (Å²) in [5.41, 5.74) is 1.35. The summed E-state index contributed by atoms with van der Waals surface area (Å²) in [7, 11) is 0. The van der Waals surface area contributed by atoms with E-state index in [2.05, 4.69) is 15.9 Å². The summed E-state index contributed by atoms with van der Waals surface area (Å²) in [4.78, 5) is 22.7. The van der Waals surface area contributed by atoms with Crippen LogP contribution in [-0.4, -0.2) is 10.7 Å². The molecule has 0 aliphatic rings.